The first-order valence-corrected chi connectivity index (χ1v) is 7.18. The highest BCUT2D eigenvalue weighted by molar-refractivity contribution is 6.27. The molecule has 0 bridgehead atoms. The molecule has 2 N–H and O–H groups in total. The van der Waals surface area contributed by atoms with E-state index in [4.69, 9.17) is 19.8 Å². The number of rotatable bonds is 4. The summed E-state index contributed by atoms with van der Waals surface area (Å²) in [5.74, 6) is -4.23. The second-order valence-electron chi connectivity index (χ2n) is 4.92. The summed E-state index contributed by atoms with van der Waals surface area (Å²) in [6.07, 6.45) is 2.40. The van der Waals surface area contributed by atoms with Gasteiger partial charge in [-0.2, -0.15) is 0 Å². The average Bonchev–Trinajstić information content (AvgIpc) is 2.60. The van der Waals surface area contributed by atoms with Crippen LogP contribution in [0.4, 0.5) is 4.39 Å². The Balaban J connectivity index is 0.000000450. The maximum absolute atomic E-state index is 13.1. The highest BCUT2D eigenvalue weighted by Gasteiger charge is 2.12. The molecule has 0 saturated carbocycles. The van der Waals surface area contributed by atoms with Crippen LogP contribution in [0.1, 0.15) is 16.1 Å². The van der Waals surface area contributed by atoms with Gasteiger partial charge in [0.15, 0.2) is 0 Å². The summed E-state index contributed by atoms with van der Waals surface area (Å²) in [5.41, 5.74) is 1.30. The number of nitrogens with zero attached hydrogens (tertiary/aromatic N) is 2. The lowest BCUT2D eigenvalue weighted by Crippen LogP contribution is -2.29. The fourth-order valence-corrected chi connectivity index (χ4v) is 1.77. The van der Waals surface area contributed by atoms with Gasteiger partial charge in [-0.3, -0.25) is 9.78 Å². The first kappa shape index (κ1) is 19.8. The van der Waals surface area contributed by atoms with Crippen molar-refractivity contribution in [3.8, 4) is 0 Å². The molecule has 0 saturated heterocycles. The number of pyridine rings is 1. The molecule has 0 atom stereocenters. The third-order valence-corrected chi connectivity index (χ3v) is 3.03. The molecule has 0 fully saturated rings. The number of amides is 1. The predicted octanol–water partition coefficient (Wildman–Crippen LogP) is 1.69. The summed E-state index contributed by atoms with van der Waals surface area (Å²) >= 11 is 0. The van der Waals surface area contributed by atoms with E-state index in [-0.39, 0.29) is 5.91 Å². The Morgan fingerprint density at radius 2 is 1.76 bits per heavy atom. The second kappa shape index (κ2) is 9.76. The van der Waals surface area contributed by atoms with Crippen molar-refractivity contribution in [3.05, 3.63) is 65.7 Å². The van der Waals surface area contributed by atoms with Crippen LogP contribution < -0.4 is 0 Å². The van der Waals surface area contributed by atoms with Gasteiger partial charge in [-0.15, -0.1) is 0 Å². The molecule has 0 aliphatic carbocycles. The Bertz CT molecular complexity index is 725. The van der Waals surface area contributed by atoms with E-state index in [0.717, 1.165) is 5.69 Å². The Morgan fingerprint density at radius 1 is 1.08 bits per heavy atom. The van der Waals surface area contributed by atoms with Crippen LogP contribution >= 0.6 is 0 Å². The standard InChI is InChI=1S/C15H15FN2O.C2H2O4/c1-18(10-8-14-7-2-3-9-17-14)15(19)12-5-4-6-13(16)11-12;3-1(4)2(5)6/h2-7,9,11H,8,10H2,1H3;(H,3,4)(H,5,6). The first-order chi connectivity index (χ1) is 11.8. The molecule has 0 unspecified atom stereocenters. The molecule has 1 amide bonds. The number of halogens is 1. The van der Waals surface area contributed by atoms with E-state index in [9.17, 15) is 9.18 Å². The highest BCUT2D eigenvalue weighted by Crippen LogP contribution is 2.07. The van der Waals surface area contributed by atoms with E-state index < -0.39 is 17.8 Å². The lowest BCUT2D eigenvalue weighted by molar-refractivity contribution is -0.159. The van der Waals surface area contributed by atoms with Gasteiger partial charge < -0.3 is 15.1 Å². The normalized spacial score (nSPS) is 9.52. The van der Waals surface area contributed by atoms with Gasteiger partial charge >= 0.3 is 11.9 Å². The second-order valence-corrected chi connectivity index (χ2v) is 4.92. The molecule has 0 aliphatic heterocycles. The van der Waals surface area contributed by atoms with E-state index in [0.29, 0.717) is 18.5 Å². The number of likely N-dealkylation sites (N-methyl/N-ethyl adjacent to an activating group) is 1. The molecule has 8 heteroatoms. The third kappa shape index (κ3) is 7.21. The Morgan fingerprint density at radius 3 is 2.28 bits per heavy atom. The van der Waals surface area contributed by atoms with Gasteiger partial charge in [0.25, 0.3) is 5.91 Å². The molecule has 25 heavy (non-hydrogen) atoms. The number of hydrogen-bond donors (Lipinski definition) is 2. The van der Waals surface area contributed by atoms with Crippen molar-refractivity contribution in [2.24, 2.45) is 0 Å². The van der Waals surface area contributed by atoms with Crippen molar-refractivity contribution in [2.45, 2.75) is 6.42 Å². The molecule has 0 spiro atoms. The van der Waals surface area contributed by atoms with Crippen LogP contribution in [0.15, 0.2) is 48.7 Å². The van der Waals surface area contributed by atoms with Gasteiger partial charge in [0.2, 0.25) is 0 Å². The maximum atomic E-state index is 13.1. The molecule has 7 nitrogen and oxygen atoms in total. The monoisotopic (exact) mass is 348 g/mol. The van der Waals surface area contributed by atoms with Crippen molar-refractivity contribution >= 4 is 17.8 Å². The Kier molecular flexibility index (Phi) is 7.71. The fraction of sp³-hybridized carbons (Fsp3) is 0.176. The number of carboxylic acid groups (broad SMARTS) is 2. The lowest BCUT2D eigenvalue weighted by Gasteiger charge is -2.16. The first-order valence-electron chi connectivity index (χ1n) is 7.18. The molecule has 0 aliphatic rings. The van der Waals surface area contributed by atoms with Crippen molar-refractivity contribution < 1.29 is 29.0 Å². The zero-order valence-corrected chi connectivity index (χ0v) is 13.4. The molecule has 132 valence electrons. The van der Waals surface area contributed by atoms with Crippen LogP contribution in [-0.2, 0) is 16.0 Å². The summed E-state index contributed by atoms with van der Waals surface area (Å²) < 4.78 is 13.1. The van der Waals surface area contributed by atoms with Crippen LogP contribution in [0, 0.1) is 5.82 Å². The summed E-state index contributed by atoms with van der Waals surface area (Å²) in [6, 6.07) is 11.4. The van der Waals surface area contributed by atoms with Gasteiger partial charge in [0.1, 0.15) is 5.82 Å². The summed E-state index contributed by atoms with van der Waals surface area (Å²) in [6.45, 7) is 0.548. The molecule has 2 rings (SSSR count). The lowest BCUT2D eigenvalue weighted by atomic mass is 10.2. The summed E-state index contributed by atoms with van der Waals surface area (Å²) in [5, 5.41) is 14.8. The molecule has 1 aromatic carbocycles. The third-order valence-electron chi connectivity index (χ3n) is 3.03. The van der Waals surface area contributed by atoms with Crippen LogP contribution in [0.2, 0.25) is 0 Å². The van der Waals surface area contributed by atoms with Crippen LogP contribution in [-0.4, -0.2) is 51.5 Å². The quantitative estimate of drug-likeness (QED) is 0.814. The van der Waals surface area contributed by atoms with Crippen LogP contribution in [0.5, 0.6) is 0 Å². The van der Waals surface area contributed by atoms with E-state index >= 15 is 0 Å². The molecule has 0 radical (unpaired) electrons. The topological polar surface area (TPSA) is 108 Å². The average molecular weight is 348 g/mol. The van der Waals surface area contributed by atoms with Gasteiger partial charge in [-0.05, 0) is 30.3 Å². The van der Waals surface area contributed by atoms with Gasteiger partial charge in [-0.25, -0.2) is 14.0 Å². The van der Waals surface area contributed by atoms with Gasteiger partial charge in [-0.1, -0.05) is 12.1 Å². The minimum absolute atomic E-state index is 0.185. The van der Waals surface area contributed by atoms with Crippen LogP contribution in [0.25, 0.3) is 0 Å². The maximum Gasteiger partial charge on any atom is 0.414 e. The number of aliphatic carboxylic acids is 2. The zero-order valence-electron chi connectivity index (χ0n) is 13.4. The number of hydrogen-bond acceptors (Lipinski definition) is 4. The smallest absolute Gasteiger partial charge is 0.414 e. The Labute approximate surface area is 143 Å². The van der Waals surface area contributed by atoms with E-state index in [1.54, 1.807) is 24.2 Å². The molecule has 1 heterocycles. The number of carboxylic acids is 2. The fourth-order valence-electron chi connectivity index (χ4n) is 1.77. The highest BCUT2D eigenvalue weighted by atomic mass is 19.1. The zero-order chi connectivity index (χ0) is 18.8. The minimum atomic E-state index is -1.82. The van der Waals surface area contributed by atoms with Crippen molar-refractivity contribution in [1.29, 1.82) is 0 Å². The number of carbonyl (C=O) groups excluding carboxylic acids is 1. The van der Waals surface area contributed by atoms with E-state index in [1.165, 1.54) is 18.2 Å². The minimum Gasteiger partial charge on any atom is -0.473 e. The number of benzene rings is 1. The molecular weight excluding hydrogens is 331 g/mol. The summed E-state index contributed by atoms with van der Waals surface area (Å²) in [7, 11) is 1.70. The van der Waals surface area contributed by atoms with Gasteiger partial charge in [0, 0.05) is 37.5 Å². The predicted molar refractivity (Wildman–Crippen MR) is 86.6 cm³/mol. The van der Waals surface area contributed by atoms with Crippen molar-refractivity contribution in [2.75, 3.05) is 13.6 Å². The largest absolute Gasteiger partial charge is 0.473 e. The summed E-state index contributed by atoms with van der Waals surface area (Å²) in [4.78, 5) is 36.0. The molecule has 2 aromatic rings. The Hall–Kier alpha value is -3.29. The van der Waals surface area contributed by atoms with Crippen molar-refractivity contribution in [3.63, 3.8) is 0 Å². The number of aromatic nitrogens is 1. The van der Waals surface area contributed by atoms with E-state index in [2.05, 4.69) is 4.98 Å². The molecule has 1 aromatic heterocycles. The van der Waals surface area contributed by atoms with Crippen LogP contribution in [0.3, 0.4) is 0 Å². The van der Waals surface area contributed by atoms with Crippen molar-refractivity contribution in [1.82, 2.24) is 9.88 Å². The number of carbonyl (C=O) groups is 3. The van der Waals surface area contributed by atoms with E-state index in [1.807, 2.05) is 18.2 Å². The molecular formula is C17H17FN2O5. The van der Waals surface area contributed by atoms with Gasteiger partial charge in [0.05, 0.1) is 0 Å². The SMILES string of the molecule is CN(CCc1ccccn1)C(=O)c1cccc(F)c1.O=C(O)C(=O)O.